The average Bonchev–Trinajstić information content (AvgIpc) is 2.70. The zero-order valence-electron chi connectivity index (χ0n) is 16.6. The quantitative estimate of drug-likeness (QED) is 0.529. The van der Waals surface area contributed by atoms with Gasteiger partial charge in [-0.2, -0.15) is 0 Å². The Balaban J connectivity index is 1.42. The third-order valence-corrected chi connectivity index (χ3v) is 7.13. The fraction of sp³-hybridized carbons (Fsp3) is 0.538. The van der Waals surface area contributed by atoms with E-state index in [1.807, 2.05) is 0 Å². The molecule has 2 aliphatic rings. The Morgan fingerprint density at radius 3 is 1.08 bits per heavy atom. The van der Waals surface area contributed by atoms with Gasteiger partial charge >= 0.3 is 0 Å². The number of rotatable bonds is 3. The molecule has 0 N–H and O–H groups in total. The molecule has 0 spiro atoms. The minimum Gasteiger partial charge on any atom is -0.0625 e. The summed E-state index contributed by atoms with van der Waals surface area (Å²) in [6.45, 7) is 4.80. The molecular weight excluding hydrogens is 312 g/mol. The van der Waals surface area contributed by atoms with Gasteiger partial charge in [0.05, 0.1) is 0 Å². The molecule has 0 aromatic heterocycles. The highest BCUT2D eigenvalue weighted by Crippen LogP contribution is 2.37. The standard InChI is InChI=1S/C26H34/c1-19-3-7-21(8-4-19)23-11-15-25(16-12-23)26-17-13-24(14-18-26)22-9-5-20(2)6-10-22/h11-22H,3-10H2,1-2H3. The van der Waals surface area contributed by atoms with Crippen molar-refractivity contribution in [2.24, 2.45) is 11.8 Å². The van der Waals surface area contributed by atoms with Crippen LogP contribution >= 0.6 is 0 Å². The fourth-order valence-corrected chi connectivity index (χ4v) is 5.08. The topological polar surface area (TPSA) is 0 Å². The Bertz CT molecular complexity index is 614. The maximum Gasteiger partial charge on any atom is -0.0162 e. The number of benzene rings is 2. The molecule has 138 valence electrons. The van der Waals surface area contributed by atoms with Gasteiger partial charge < -0.3 is 0 Å². The highest BCUT2D eigenvalue weighted by Gasteiger charge is 2.20. The van der Waals surface area contributed by atoms with E-state index in [1.54, 1.807) is 11.1 Å². The molecule has 2 aromatic rings. The Labute approximate surface area is 160 Å². The molecule has 0 radical (unpaired) electrons. The predicted octanol–water partition coefficient (Wildman–Crippen LogP) is 7.94. The minimum atomic E-state index is 0.788. The SMILES string of the molecule is CC1CCC(c2ccc(-c3ccc(C4CCC(C)CC4)cc3)cc2)CC1. The van der Waals surface area contributed by atoms with Crippen molar-refractivity contribution >= 4 is 0 Å². The van der Waals surface area contributed by atoms with E-state index in [-0.39, 0.29) is 0 Å². The van der Waals surface area contributed by atoms with Crippen molar-refractivity contribution in [3.05, 3.63) is 59.7 Å². The van der Waals surface area contributed by atoms with Crippen molar-refractivity contribution in [3.8, 4) is 11.1 Å². The van der Waals surface area contributed by atoms with Gasteiger partial charge in [-0.25, -0.2) is 0 Å². The zero-order chi connectivity index (χ0) is 17.9. The van der Waals surface area contributed by atoms with Crippen LogP contribution in [0, 0.1) is 11.8 Å². The summed E-state index contributed by atoms with van der Waals surface area (Å²) in [7, 11) is 0. The first-order valence-electron chi connectivity index (χ1n) is 10.9. The largest absolute Gasteiger partial charge is 0.0625 e. The second-order valence-corrected chi connectivity index (χ2v) is 9.16. The third kappa shape index (κ3) is 4.05. The van der Waals surface area contributed by atoms with E-state index in [2.05, 4.69) is 62.4 Å². The molecule has 0 nitrogen and oxygen atoms in total. The summed E-state index contributed by atoms with van der Waals surface area (Å²) >= 11 is 0. The lowest BCUT2D eigenvalue weighted by Crippen LogP contribution is -2.10. The van der Waals surface area contributed by atoms with Gasteiger partial charge in [-0.1, -0.05) is 88.1 Å². The molecule has 0 atom stereocenters. The molecule has 2 aliphatic carbocycles. The predicted molar refractivity (Wildman–Crippen MR) is 113 cm³/mol. The highest BCUT2D eigenvalue weighted by atomic mass is 14.3. The van der Waals surface area contributed by atoms with Crippen LogP contribution in [0.1, 0.15) is 88.2 Å². The summed E-state index contributed by atoms with van der Waals surface area (Å²) in [5, 5.41) is 0. The maximum absolute atomic E-state index is 2.40. The molecular formula is C26H34. The molecule has 2 fully saturated rings. The average molecular weight is 347 g/mol. The monoisotopic (exact) mass is 346 g/mol. The molecule has 4 rings (SSSR count). The number of hydrogen-bond acceptors (Lipinski definition) is 0. The van der Waals surface area contributed by atoms with Crippen LogP contribution in [0.5, 0.6) is 0 Å². The van der Waals surface area contributed by atoms with Crippen LogP contribution in [-0.4, -0.2) is 0 Å². The van der Waals surface area contributed by atoms with Crippen LogP contribution < -0.4 is 0 Å². The molecule has 0 saturated heterocycles. The third-order valence-electron chi connectivity index (χ3n) is 7.13. The van der Waals surface area contributed by atoms with Gasteiger partial charge in [0, 0.05) is 0 Å². The molecule has 0 bridgehead atoms. The summed E-state index contributed by atoms with van der Waals surface area (Å²) in [6, 6.07) is 18.9. The van der Waals surface area contributed by atoms with Crippen LogP contribution in [-0.2, 0) is 0 Å². The second kappa shape index (κ2) is 7.99. The molecule has 0 heterocycles. The maximum atomic E-state index is 2.40. The van der Waals surface area contributed by atoms with Gasteiger partial charge in [0.15, 0.2) is 0 Å². The van der Waals surface area contributed by atoms with Gasteiger partial charge in [-0.15, -0.1) is 0 Å². The zero-order valence-corrected chi connectivity index (χ0v) is 16.6. The summed E-state index contributed by atoms with van der Waals surface area (Å²) in [6.07, 6.45) is 11.1. The number of hydrogen-bond donors (Lipinski definition) is 0. The van der Waals surface area contributed by atoms with E-state index in [4.69, 9.17) is 0 Å². The van der Waals surface area contributed by atoms with Crippen molar-refractivity contribution < 1.29 is 0 Å². The van der Waals surface area contributed by atoms with Crippen LogP contribution in [0.2, 0.25) is 0 Å². The van der Waals surface area contributed by atoms with Crippen LogP contribution in [0.3, 0.4) is 0 Å². The van der Waals surface area contributed by atoms with Gasteiger partial charge in [-0.05, 0) is 71.6 Å². The first kappa shape index (κ1) is 17.8. The lowest BCUT2D eigenvalue weighted by molar-refractivity contribution is 0.348. The van der Waals surface area contributed by atoms with Gasteiger partial charge in [0.25, 0.3) is 0 Å². The van der Waals surface area contributed by atoms with Crippen LogP contribution in [0.15, 0.2) is 48.5 Å². The van der Waals surface area contributed by atoms with Crippen molar-refractivity contribution in [2.45, 2.75) is 77.0 Å². The molecule has 0 aliphatic heterocycles. The molecule has 2 aromatic carbocycles. The summed E-state index contributed by atoms with van der Waals surface area (Å²) in [5.41, 5.74) is 5.82. The van der Waals surface area contributed by atoms with E-state index in [1.165, 1.54) is 62.5 Å². The van der Waals surface area contributed by atoms with Crippen molar-refractivity contribution in [1.82, 2.24) is 0 Å². The summed E-state index contributed by atoms with van der Waals surface area (Å²) < 4.78 is 0. The molecule has 0 heteroatoms. The van der Waals surface area contributed by atoms with Crippen molar-refractivity contribution in [2.75, 3.05) is 0 Å². The Morgan fingerprint density at radius 2 is 0.769 bits per heavy atom. The normalized spacial score (nSPS) is 29.5. The van der Waals surface area contributed by atoms with Crippen LogP contribution in [0.25, 0.3) is 11.1 Å². The summed E-state index contributed by atoms with van der Waals surface area (Å²) in [4.78, 5) is 0. The van der Waals surface area contributed by atoms with Gasteiger partial charge in [-0.3, -0.25) is 0 Å². The molecule has 0 unspecified atom stereocenters. The highest BCUT2D eigenvalue weighted by molar-refractivity contribution is 5.64. The van der Waals surface area contributed by atoms with E-state index in [9.17, 15) is 0 Å². The Hall–Kier alpha value is -1.56. The van der Waals surface area contributed by atoms with Gasteiger partial charge in [0.1, 0.15) is 0 Å². The van der Waals surface area contributed by atoms with Gasteiger partial charge in [0.2, 0.25) is 0 Å². The molecule has 2 saturated carbocycles. The second-order valence-electron chi connectivity index (χ2n) is 9.16. The van der Waals surface area contributed by atoms with E-state index >= 15 is 0 Å². The minimum absolute atomic E-state index is 0.788. The van der Waals surface area contributed by atoms with Crippen LogP contribution in [0.4, 0.5) is 0 Å². The van der Waals surface area contributed by atoms with Crippen molar-refractivity contribution in [1.29, 1.82) is 0 Å². The van der Waals surface area contributed by atoms with E-state index < -0.39 is 0 Å². The van der Waals surface area contributed by atoms with E-state index in [0.717, 1.165) is 23.7 Å². The lowest BCUT2D eigenvalue weighted by Gasteiger charge is -2.27. The molecule has 26 heavy (non-hydrogen) atoms. The first-order chi connectivity index (χ1) is 12.7. The Kier molecular flexibility index (Phi) is 5.48. The molecule has 0 amide bonds. The van der Waals surface area contributed by atoms with E-state index in [0.29, 0.717) is 0 Å². The van der Waals surface area contributed by atoms with Crippen molar-refractivity contribution in [3.63, 3.8) is 0 Å². The Morgan fingerprint density at radius 1 is 0.462 bits per heavy atom. The fourth-order valence-electron chi connectivity index (χ4n) is 5.08. The lowest BCUT2D eigenvalue weighted by atomic mass is 9.79. The summed E-state index contributed by atoms with van der Waals surface area (Å²) in [5.74, 6) is 3.43. The smallest absolute Gasteiger partial charge is 0.0162 e. The first-order valence-corrected chi connectivity index (χ1v) is 10.9.